The second-order valence-corrected chi connectivity index (χ2v) is 9.65. The first-order chi connectivity index (χ1) is 16.4. The molecule has 0 fully saturated rings. The van der Waals surface area contributed by atoms with Gasteiger partial charge in [-0.2, -0.15) is 5.10 Å². The third-order valence-corrected chi connectivity index (χ3v) is 6.67. The summed E-state index contributed by atoms with van der Waals surface area (Å²) in [5.41, 5.74) is 2.29. The molecular weight excluding hydrogens is 452 g/mol. The van der Waals surface area contributed by atoms with E-state index >= 15 is 0 Å². The maximum Gasteiger partial charge on any atom is 0.217 e. The van der Waals surface area contributed by atoms with Gasteiger partial charge in [0, 0.05) is 53.7 Å². The number of sulfonamides is 1. The lowest BCUT2D eigenvalue weighted by molar-refractivity contribution is 0.579. The molecule has 3 aromatic heterocycles. The maximum atomic E-state index is 13.3. The average Bonchev–Trinajstić information content (AvgIpc) is 3.22. The summed E-state index contributed by atoms with van der Waals surface area (Å²) in [6, 6.07) is 12.6. The molecule has 10 heteroatoms. The molecule has 1 N–H and O–H groups in total. The molecule has 0 saturated carbocycles. The Balaban J connectivity index is 1.64. The van der Waals surface area contributed by atoms with Crippen LogP contribution in [0.5, 0.6) is 0 Å². The van der Waals surface area contributed by atoms with E-state index in [0.717, 1.165) is 5.39 Å². The quantitative estimate of drug-likeness (QED) is 0.403. The summed E-state index contributed by atoms with van der Waals surface area (Å²) >= 11 is 0. The minimum atomic E-state index is -3.78. The lowest BCUT2D eigenvalue weighted by atomic mass is 10.1. The van der Waals surface area contributed by atoms with E-state index in [0.29, 0.717) is 38.8 Å². The van der Waals surface area contributed by atoms with Gasteiger partial charge >= 0.3 is 0 Å². The Bertz CT molecular complexity index is 1680. The van der Waals surface area contributed by atoms with Crippen LogP contribution in [-0.2, 0) is 29.4 Å². The molecule has 0 aliphatic carbocycles. The zero-order valence-corrected chi connectivity index (χ0v) is 19.0. The average molecular weight is 473 g/mol. The van der Waals surface area contributed by atoms with E-state index in [-0.39, 0.29) is 17.7 Å². The highest BCUT2D eigenvalue weighted by molar-refractivity contribution is 7.88. The smallest absolute Gasteiger partial charge is 0.217 e. The Kier molecular flexibility index (Phi) is 5.60. The second-order valence-electron chi connectivity index (χ2n) is 7.84. The van der Waals surface area contributed by atoms with Crippen molar-refractivity contribution in [1.29, 1.82) is 0 Å². The van der Waals surface area contributed by atoms with Crippen LogP contribution in [0.1, 0.15) is 11.4 Å². The second kappa shape index (κ2) is 8.73. The number of benzene rings is 1. The highest BCUT2D eigenvalue weighted by Crippen LogP contribution is 2.27. The lowest BCUT2D eigenvalue weighted by Gasteiger charge is -2.10. The molecule has 34 heavy (non-hydrogen) atoms. The number of aryl methyl sites for hydroxylation is 1. The first kappa shape index (κ1) is 21.8. The van der Waals surface area contributed by atoms with Gasteiger partial charge in [0.05, 0.1) is 29.6 Å². The molecule has 0 bridgehead atoms. The van der Waals surface area contributed by atoms with Crippen molar-refractivity contribution >= 4 is 31.7 Å². The van der Waals surface area contributed by atoms with Gasteiger partial charge in [-0.25, -0.2) is 13.1 Å². The molecule has 5 rings (SSSR count). The van der Waals surface area contributed by atoms with Crippen LogP contribution in [0.4, 0.5) is 0 Å². The fraction of sp³-hybridized carbons (Fsp3) is 0.125. The number of hydrogen-bond donors (Lipinski definition) is 1. The van der Waals surface area contributed by atoms with Crippen LogP contribution >= 0.6 is 0 Å². The van der Waals surface area contributed by atoms with Crippen molar-refractivity contribution in [2.24, 2.45) is 7.05 Å². The van der Waals surface area contributed by atoms with Crippen molar-refractivity contribution < 1.29 is 8.42 Å². The van der Waals surface area contributed by atoms with Crippen molar-refractivity contribution in [2.75, 3.05) is 0 Å². The highest BCUT2D eigenvalue weighted by Gasteiger charge is 2.19. The Morgan fingerprint density at radius 2 is 1.88 bits per heavy atom. The summed E-state index contributed by atoms with van der Waals surface area (Å²) < 4.78 is 30.0. The monoisotopic (exact) mass is 472 g/mol. The van der Waals surface area contributed by atoms with Crippen molar-refractivity contribution in [3.05, 3.63) is 95.1 Å². The van der Waals surface area contributed by atoms with Gasteiger partial charge in [-0.15, -0.1) is 0 Å². The van der Waals surface area contributed by atoms with Gasteiger partial charge in [-0.3, -0.25) is 24.4 Å². The van der Waals surface area contributed by atoms with Gasteiger partial charge in [0.25, 0.3) is 0 Å². The molecule has 0 radical (unpaired) electrons. The fourth-order valence-corrected chi connectivity index (χ4v) is 4.85. The normalized spacial score (nSPS) is 11.8. The van der Waals surface area contributed by atoms with Crippen LogP contribution in [0.2, 0.25) is 0 Å². The van der Waals surface area contributed by atoms with E-state index in [1.807, 2.05) is 24.3 Å². The summed E-state index contributed by atoms with van der Waals surface area (Å²) in [6.07, 6.45) is 7.90. The third kappa shape index (κ3) is 4.41. The van der Waals surface area contributed by atoms with E-state index in [2.05, 4.69) is 24.8 Å². The first-order valence-corrected chi connectivity index (χ1v) is 12.1. The van der Waals surface area contributed by atoms with Crippen molar-refractivity contribution in [1.82, 2.24) is 29.5 Å². The van der Waals surface area contributed by atoms with Gasteiger partial charge in [0.2, 0.25) is 10.0 Å². The summed E-state index contributed by atoms with van der Waals surface area (Å²) in [5.74, 6) is -0.375. The molecular formula is C24H20N6O3S. The summed E-state index contributed by atoms with van der Waals surface area (Å²) in [5, 5.41) is 5.97. The predicted octanol–water partition coefficient (Wildman–Crippen LogP) is 2.56. The predicted molar refractivity (Wildman–Crippen MR) is 129 cm³/mol. The Morgan fingerprint density at radius 3 is 2.65 bits per heavy atom. The number of hydrogen-bond acceptors (Lipinski definition) is 7. The van der Waals surface area contributed by atoms with Crippen molar-refractivity contribution in [3.63, 3.8) is 0 Å². The van der Waals surface area contributed by atoms with Crippen LogP contribution in [0.3, 0.4) is 0 Å². The van der Waals surface area contributed by atoms with E-state index in [9.17, 15) is 13.2 Å². The highest BCUT2D eigenvalue weighted by atomic mass is 32.2. The number of nitrogens with zero attached hydrogens (tertiary/aromatic N) is 5. The zero-order valence-electron chi connectivity index (χ0n) is 18.2. The summed E-state index contributed by atoms with van der Waals surface area (Å²) in [4.78, 5) is 26.0. The van der Waals surface area contributed by atoms with E-state index in [1.165, 1.54) is 18.6 Å². The number of fused-ring (bicyclic) bond motifs is 2. The third-order valence-electron chi connectivity index (χ3n) is 5.43. The van der Waals surface area contributed by atoms with Crippen LogP contribution in [0, 0.1) is 0 Å². The number of nitrogens with one attached hydrogen (secondary N) is 1. The van der Waals surface area contributed by atoms with Crippen LogP contribution in [0.15, 0.2) is 78.2 Å². The van der Waals surface area contributed by atoms with Gasteiger partial charge in [0.15, 0.2) is 5.43 Å². The van der Waals surface area contributed by atoms with Crippen LogP contribution < -0.4 is 10.2 Å². The molecule has 0 saturated heterocycles. The SMILES string of the molecule is Cn1cc(-c2cc3c(=O)c4ccccc4ccc3nc2CS(=O)(=O)NCc2cnccn2)cn1. The molecule has 0 spiro atoms. The summed E-state index contributed by atoms with van der Waals surface area (Å²) in [7, 11) is -2.01. The van der Waals surface area contributed by atoms with Crippen molar-refractivity contribution in [3.8, 4) is 11.1 Å². The first-order valence-electron chi connectivity index (χ1n) is 10.5. The number of aromatic nitrogens is 5. The van der Waals surface area contributed by atoms with Crippen molar-refractivity contribution in [2.45, 2.75) is 12.3 Å². The molecule has 5 aromatic rings. The molecule has 2 aromatic carbocycles. The molecule has 3 heterocycles. The van der Waals surface area contributed by atoms with Gasteiger partial charge in [-0.05, 0) is 17.5 Å². The minimum Gasteiger partial charge on any atom is -0.289 e. The van der Waals surface area contributed by atoms with E-state index in [1.54, 1.807) is 42.3 Å². The molecule has 0 atom stereocenters. The van der Waals surface area contributed by atoms with E-state index in [4.69, 9.17) is 0 Å². The van der Waals surface area contributed by atoms with Gasteiger partial charge < -0.3 is 0 Å². The lowest BCUT2D eigenvalue weighted by Crippen LogP contribution is -2.26. The van der Waals surface area contributed by atoms with Gasteiger partial charge in [-0.1, -0.05) is 30.3 Å². The molecule has 170 valence electrons. The Hall–Kier alpha value is -4.02. The molecule has 0 aliphatic heterocycles. The maximum absolute atomic E-state index is 13.3. The fourth-order valence-electron chi connectivity index (χ4n) is 3.80. The van der Waals surface area contributed by atoms with Crippen LogP contribution in [0.25, 0.3) is 32.8 Å². The molecule has 0 aliphatic rings. The standard InChI is InChI=1S/C24H20N6O3S/c1-30-14-17(11-27-30)20-10-21-22(7-6-16-4-2-3-5-19(16)24(21)31)29-23(20)15-34(32,33)28-13-18-12-25-8-9-26-18/h2-12,14,28H,13,15H2,1H3. The van der Waals surface area contributed by atoms with Crippen LogP contribution in [-0.4, -0.2) is 33.2 Å². The molecule has 9 nitrogen and oxygen atoms in total. The molecule has 0 amide bonds. The largest absolute Gasteiger partial charge is 0.289 e. The number of rotatable bonds is 6. The summed E-state index contributed by atoms with van der Waals surface area (Å²) in [6.45, 7) is 0.0110. The Morgan fingerprint density at radius 1 is 1.03 bits per heavy atom. The topological polar surface area (TPSA) is 120 Å². The number of pyridine rings is 1. The van der Waals surface area contributed by atoms with E-state index < -0.39 is 10.0 Å². The zero-order chi connectivity index (χ0) is 23.7. The Labute approximate surface area is 195 Å². The minimum absolute atomic E-state index is 0.0110. The van der Waals surface area contributed by atoms with Gasteiger partial charge in [0.1, 0.15) is 5.75 Å². The molecule has 0 unspecified atom stereocenters.